The zero-order valence-electron chi connectivity index (χ0n) is 6.34. The van der Waals surface area contributed by atoms with Crippen LogP contribution in [0.5, 0.6) is 0 Å². The SMILES string of the molecule is CC1(C)NC(=O)N[C@H]1C(=O)O. The van der Waals surface area contributed by atoms with Crippen molar-refractivity contribution < 1.29 is 14.7 Å². The summed E-state index contributed by atoms with van der Waals surface area (Å²) in [6.07, 6.45) is 0. The van der Waals surface area contributed by atoms with Crippen LogP contribution in [0, 0.1) is 0 Å². The molecule has 0 spiro atoms. The Balaban J connectivity index is 2.82. The van der Waals surface area contributed by atoms with Gasteiger partial charge in [0, 0.05) is 0 Å². The minimum Gasteiger partial charge on any atom is -0.480 e. The Hall–Kier alpha value is -1.26. The number of nitrogens with one attached hydrogen (secondary N) is 2. The van der Waals surface area contributed by atoms with Gasteiger partial charge in [0.15, 0.2) is 6.04 Å². The number of carbonyl (C=O) groups is 2. The van der Waals surface area contributed by atoms with Crippen molar-refractivity contribution in [1.82, 2.24) is 10.6 Å². The van der Waals surface area contributed by atoms with E-state index in [0.717, 1.165) is 0 Å². The fourth-order valence-electron chi connectivity index (χ4n) is 1.08. The fourth-order valence-corrected chi connectivity index (χ4v) is 1.08. The van der Waals surface area contributed by atoms with Crippen molar-refractivity contribution in [2.24, 2.45) is 0 Å². The van der Waals surface area contributed by atoms with Gasteiger partial charge < -0.3 is 15.7 Å². The molecule has 0 aromatic heterocycles. The van der Waals surface area contributed by atoms with Gasteiger partial charge in [0.2, 0.25) is 0 Å². The second kappa shape index (κ2) is 2.11. The molecule has 2 amide bonds. The van der Waals surface area contributed by atoms with E-state index in [-0.39, 0.29) is 0 Å². The molecule has 3 N–H and O–H groups in total. The Morgan fingerprint density at radius 3 is 2.36 bits per heavy atom. The molecule has 0 radical (unpaired) electrons. The minimum atomic E-state index is -1.02. The molecule has 0 unspecified atom stereocenters. The smallest absolute Gasteiger partial charge is 0.328 e. The van der Waals surface area contributed by atoms with Gasteiger partial charge in [-0.3, -0.25) is 0 Å². The number of carbonyl (C=O) groups excluding carboxylic acids is 1. The summed E-state index contributed by atoms with van der Waals surface area (Å²) in [6.45, 7) is 3.31. The molecule has 5 heteroatoms. The number of carboxylic acid groups (broad SMARTS) is 1. The van der Waals surface area contributed by atoms with Crippen molar-refractivity contribution in [2.75, 3.05) is 0 Å². The van der Waals surface area contributed by atoms with Gasteiger partial charge in [-0.2, -0.15) is 0 Å². The molecule has 0 aromatic carbocycles. The number of hydrogen-bond acceptors (Lipinski definition) is 2. The highest BCUT2D eigenvalue weighted by molar-refractivity contribution is 5.88. The third-order valence-electron chi connectivity index (χ3n) is 1.68. The summed E-state index contributed by atoms with van der Waals surface area (Å²) in [4.78, 5) is 21.2. The van der Waals surface area contributed by atoms with E-state index in [0.29, 0.717) is 0 Å². The van der Waals surface area contributed by atoms with Gasteiger partial charge in [0.1, 0.15) is 0 Å². The van der Waals surface area contributed by atoms with Crippen molar-refractivity contribution in [3.05, 3.63) is 0 Å². The van der Waals surface area contributed by atoms with Crippen molar-refractivity contribution in [3.63, 3.8) is 0 Å². The molecule has 1 aliphatic heterocycles. The first-order chi connectivity index (χ1) is 4.93. The number of amides is 2. The van der Waals surface area contributed by atoms with E-state index in [2.05, 4.69) is 10.6 Å². The fraction of sp³-hybridized carbons (Fsp3) is 0.667. The molecule has 1 saturated heterocycles. The third kappa shape index (κ3) is 1.26. The van der Waals surface area contributed by atoms with Gasteiger partial charge in [0.05, 0.1) is 5.54 Å². The van der Waals surface area contributed by atoms with Crippen LogP contribution in [0.2, 0.25) is 0 Å². The summed E-state index contributed by atoms with van der Waals surface area (Å²) < 4.78 is 0. The molecular formula is C6H10N2O3. The summed E-state index contributed by atoms with van der Waals surface area (Å²) in [7, 11) is 0. The molecule has 5 nitrogen and oxygen atoms in total. The predicted octanol–water partition coefficient (Wildman–Crippen LogP) is -0.469. The van der Waals surface area contributed by atoms with Crippen molar-refractivity contribution >= 4 is 12.0 Å². The van der Waals surface area contributed by atoms with Crippen LogP contribution >= 0.6 is 0 Å². The van der Waals surface area contributed by atoms with E-state index in [1.807, 2.05) is 0 Å². The molecular weight excluding hydrogens is 148 g/mol. The average Bonchev–Trinajstić information content (AvgIpc) is 2.04. The van der Waals surface area contributed by atoms with E-state index < -0.39 is 23.6 Å². The maximum atomic E-state index is 10.7. The molecule has 0 bridgehead atoms. The minimum absolute atomic E-state index is 0.428. The molecule has 0 aliphatic carbocycles. The highest BCUT2D eigenvalue weighted by atomic mass is 16.4. The second-order valence-electron chi connectivity index (χ2n) is 3.09. The Bertz CT molecular complexity index is 212. The summed E-state index contributed by atoms with van der Waals surface area (Å²) in [5.74, 6) is -1.02. The van der Waals surface area contributed by atoms with Gasteiger partial charge in [-0.05, 0) is 13.8 Å². The number of aliphatic carboxylic acids is 1. The van der Waals surface area contributed by atoms with E-state index in [9.17, 15) is 9.59 Å². The zero-order chi connectivity index (χ0) is 8.65. The molecule has 11 heavy (non-hydrogen) atoms. The summed E-state index contributed by atoms with van der Waals surface area (Å²) in [5, 5.41) is 13.4. The first kappa shape index (κ1) is 7.84. The van der Waals surface area contributed by atoms with Crippen LogP contribution in [0.3, 0.4) is 0 Å². The summed E-state index contributed by atoms with van der Waals surface area (Å²) >= 11 is 0. The summed E-state index contributed by atoms with van der Waals surface area (Å²) in [5.41, 5.74) is -0.705. The van der Waals surface area contributed by atoms with E-state index in [1.54, 1.807) is 13.8 Å². The molecule has 1 rings (SSSR count). The van der Waals surface area contributed by atoms with E-state index in [4.69, 9.17) is 5.11 Å². The maximum Gasteiger partial charge on any atom is 0.328 e. The predicted molar refractivity (Wildman–Crippen MR) is 37.2 cm³/mol. The molecule has 0 aromatic rings. The average molecular weight is 158 g/mol. The molecule has 1 fully saturated rings. The summed E-state index contributed by atoms with van der Waals surface area (Å²) in [6, 6.07) is -1.27. The lowest BCUT2D eigenvalue weighted by molar-refractivity contribution is -0.140. The third-order valence-corrected chi connectivity index (χ3v) is 1.68. The lowest BCUT2D eigenvalue weighted by Crippen LogP contribution is -2.48. The first-order valence-corrected chi connectivity index (χ1v) is 3.25. The van der Waals surface area contributed by atoms with Crippen LogP contribution < -0.4 is 10.6 Å². The van der Waals surface area contributed by atoms with Gasteiger partial charge in [-0.25, -0.2) is 9.59 Å². The molecule has 1 atom stereocenters. The Kier molecular flexibility index (Phi) is 1.51. The zero-order valence-corrected chi connectivity index (χ0v) is 6.34. The van der Waals surface area contributed by atoms with Crippen molar-refractivity contribution in [2.45, 2.75) is 25.4 Å². The Morgan fingerprint density at radius 1 is 1.64 bits per heavy atom. The Morgan fingerprint density at radius 2 is 2.18 bits per heavy atom. The molecule has 62 valence electrons. The Labute approximate surface area is 63.8 Å². The maximum absolute atomic E-state index is 10.7. The quantitative estimate of drug-likeness (QED) is 0.482. The normalized spacial score (nSPS) is 27.5. The number of urea groups is 1. The first-order valence-electron chi connectivity index (χ1n) is 3.25. The van der Waals surface area contributed by atoms with Crippen molar-refractivity contribution in [1.29, 1.82) is 0 Å². The van der Waals surface area contributed by atoms with Gasteiger partial charge in [0.25, 0.3) is 0 Å². The largest absolute Gasteiger partial charge is 0.480 e. The lowest BCUT2D eigenvalue weighted by Gasteiger charge is -2.21. The second-order valence-corrected chi connectivity index (χ2v) is 3.09. The molecule has 0 saturated carbocycles. The van der Waals surface area contributed by atoms with Gasteiger partial charge in [-0.1, -0.05) is 0 Å². The van der Waals surface area contributed by atoms with E-state index in [1.165, 1.54) is 0 Å². The highest BCUT2D eigenvalue weighted by Gasteiger charge is 2.43. The van der Waals surface area contributed by atoms with Crippen LogP contribution in [-0.4, -0.2) is 28.7 Å². The van der Waals surface area contributed by atoms with Crippen LogP contribution in [-0.2, 0) is 4.79 Å². The molecule has 1 heterocycles. The monoisotopic (exact) mass is 158 g/mol. The van der Waals surface area contributed by atoms with Gasteiger partial charge >= 0.3 is 12.0 Å². The topological polar surface area (TPSA) is 78.4 Å². The number of hydrogen-bond donors (Lipinski definition) is 3. The van der Waals surface area contributed by atoms with Crippen molar-refractivity contribution in [3.8, 4) is 0 Å². The standard InChI is InChI=1S/C6H10N2O3/c1-6(2)3(4(9)10)7-5(11)8-6/h3H,1-2H3,(H,9,10)(H2,7,8,11)/t3-/m0/s1. The van der Waals surface area contributed by atoms with E-state index >= 15 is 0 Å². The number of carboxylic acids is 1. The van der Waals surface area contributed by atoms with Gasteiger partial charge in [-0.15, -0.1) is 0 Å². The lowest BCUT2D eigenvalue weighted by atomic mass is 9.97. The van der Waals surface area contributed by atoms with Crippen LogP contribution in [0.1, 0.15) is 13.8 Å². The highest BCUT2D eigenvalue weighted by Crippen LogP contribution is 2.14. The molecule has 1 aliphatic rings. The number of rotatable bonds is 1. The van der Waals surface area contributed by atoms with Crippen LogP contribution in [0.15, 0.2) is 0 Å². The van der Waals surface area contributed by atoms with Crippen LogP contribution in [0.25, 0.3) is 0 Å². The van der Waals surface area contributed by atoms with Crippen LogP contribution in [0.4, 0.5) is 4.79 Å².